The molecule has 6 nitrogen and oxygen atoms in total. The molecule has 1 aliphatic rings. The summed E-state index contributed by atoms with van der Waals surface area (Å²) in [7, 11) is 3.24. The monoisotopic (exact) mass is 501 g/mol. The van der Waals surface area contributed by atoms with Crippen molar-refractivity contribution in [2.75, 3.05) is 45.3 Å². The summed E-state index contributed by atoms with van der Waals surface area (Å²) in [5, 5.41) is 1.58. The number of methoxy groups -OCH3 is 2. The van der Waals surface area contributed by atoms with Gasteiger partial charge in [0, 0.05) is 43.2 Å². The van der Waals surface area contributed by atoms with Gasteiger partial charge in [-0.25, -0.2) is 4.98 Å². The van der Waals surface area contributed by atoms with Crippen molar-refractivity contribution < 1.29 is 14.3 Å². The van der Waals surface area contributed by atoms with Gasteiger partial charge in [-0.15, -0.1) is 0 Å². The Labute approximate surface area is 216 Å². The predicted molar refractivity (Wildman–Crippen MR) is 145 cm³/mol. The van der Waals surface area contributed by atoms with Gasteiger partial charge in [-0.05, 0) is 49.4 Å². The van der Waals surface area contributed by atoms with E-state index in [9.17, 15) is 4.79 Å². The van der Waals surface area contributed by atoms with Gasteiger partial charge >= 0.3 is 0 Å². The number of pyridine rings is 1. The minimum absolute atomic E-state index is 0.000497. The van der Waals surface area contributed by atoms with Gasteiger partial charge < -0.3 is 19.3 Å². The lowest BCUT2D eigenvalue weighted by Gasteiger charge is -2.36. The van der Waals surface area contributed by atoms with Crippen molar-refractivity contribution in [1.29, 1.82) is 0 Å². The van der Waals surface area contributed by atoms with Crippen LogP contribution in [0.4, 0.5) is 5.69 Å². The quantitative estimate of drug-likeness (QED) is 0.343. The predicted octanol–water partition coefficient (Wildman–Crippen LogP) is 5.84. The highest BCUT2D eigenvalue weighted by Crippen LogP contribution is 2.35. The van der Waals surface area contributed by atoms with Crippen molar-refractivity contribution >= 4 is 34.1 Å². The first-order valence-corrected chi connectivity index (χ1v) is 12.3. The van der Waals surface area contributed by atoms with Gasteiger partial charge in [0.05, 0.1) is 41.7 Å². The molecule has 1 aromatic heterocycles. The van der Waals surface area contributed by atoms with E-state index in [-0.39, 0.29) is 5.91 Å². The number of halogens is 1. The summed E-state index contributed by atoms with van der Waals surface area (Å²) in [6, 6.07) is 21.3. The Morgan fingerprint density at radius 1 is 0.917 bits per heavy atom. The number of nitrogens with zero attached hydrogens (tertiary/aromatic N) is 3. The van der Waals surface area contributed by atoms with Crippen LogP contribution in [0.1, 0.15) is 15.9 Å². The van der Waals surface area contributed by atoms with E-state index < -0.39 is 0 Å². The Kier molecular flexibility index (Phi) is 6.70. The van der Waals surface area contributed by atoms with Crippen LogP contribution in [-0.4, -0.2) is 56.2 Å². The number of hydrogen-bond acceptors (Lipinski definition) is 5. The molecule has 0 spiro atoms. The van der Waals surface area contributed by atoms with E-state index in [1.54, 1.807) is 14.2 Å². The second kappa shape index (κ2) is 10.1. The van der Waals surface area contributed by atoms with Gasteiger partial charge in [-0.1, -0.05) is 35.4 Å². The zero-order chi connectivity index (χ0) is 25.2. The first-order chi connectivity index (χ1) is 17.5. The molecule has 1 saturated heterocycles. The number of amides is 1. The van der Waals surface area contributed by atoms with E-state index in [1.807, 2.05) is 78.6 Å². The summed E-state index contributed by atoms with van der Waals surface area (Å²) in [4.78, 5) is 22.9. The maximum absolute atomic E-state index is 13.9. The minimum Gasteiger partial charge on any atom is -0.497 e. The van der Waals surface area contributed by atoms with Crippen molar-refractivity contribution in [1.82, 2.24) is 9.88 Å². The van der Waals surface area contributed by atoms with Crippen molar-refractivity contribution in [2.24, 2.45) is 0 Å². The largest absolute Gasteiger partial charge is 0.497 e. The fraction of sp³-hybridized carbons (Fsp3) is 0.241. The standard InChI is InChI=1S/C29H28ClN3O3/c1-19-8-11-25-22(16-19)23(18-26(31-25)21-10-9-20(35-2)17-28(21)36-3)29(34)33-14-12-32(13-15-33)27-7-5-4-6-24(27)30/h4-11,16-18H,12-15H2,1-3H3. The second-order valence-electron chi connectivity index (χ2n) is 8.87. The smallest absolute Gasteiger partial charge is 0.254 e. The summed E-state index contributed by atoms with van der Waals surface area (Å²) in [6.07, 6.45) is 0. The highest BCUT2D eigenvalue weighted by atomic mass is 35.5. The number of rotatable bonds is 5. The summed E-state index contributed by atoms with van der Waals surface area (Å²) in [5.74, 6) is 1.33. The Balaban J connectivity index is 1.50. The average Bonchev–Trinajstić information content (AvgIpc) is 2.92. The molecule has 2 heterocycles. The van der Waals surface area contributed by atoms with Crippen LogP contribution in [0.5, 0.6) is 11.5 Å². The zero-order valence-corrected chi connectivity index (χ0v) is 21.4. The zero-order valence-electron chi connectivity index (χ0n) is 20.6. The maximum atomic E-state index is 13.9. The van der Waals surface area contributed by atoms with Crippen molar-refractivity contribution in [2.45, 2.75) is 6.92 Å². The third kappa shape index (κ3) is 4.56. The number of aromatic nitrogens is 1. The molecule has 1 amide bonds. The van der Waals surface area contributed by atoms with Crippen LogP contribution < -0.4 is 14.4 Å². The summed E-state index contributed by atoms with van der Waals surface area (Å²) < 4.78 is 11.0. The minimum atomic E-state index is 0.000497. The Bertz CT molecular complexity index is 1430. The van der Waals surface area contributed by atoms with Gasteiger partial charge in [0.1, 0.15) is 11.5 Å². The number of para-hydroxylation sites is 1. The first kappa shape index (κ1) is 23.9. The molecule has 0 saturated carbocycles. The highest BCUT2D eigenvalue weighted by molar-refractivity contribution is 6.33. The fourth-order valence-electron chi connectivity index (χ4n) is 4.69. The SMILES string of the molecule is COc1ccc(-c2cc(C(=O)N3CCN(c4ccccc4Cl)CC3)c3cc(C)ccc3n2)c(OC)c1. The average molecular weight is 502 g/mol. The van der Waals surface area contributed by atoms with Crippen LogP contribution in [0.2, 0.25) is 5.02 Å². The van der Waals surface area contributed by atoms with Crippen molar-refractivity contribution in [3.05, 3.63) is 82.9 Å². The number of carbonyl (C=O) groups is 1. The number of fused-ring (bicyclic) bond motifs is 1. The topological polar surface area (TPSA) is 54.9 Å². The van der Waals surface area contributed by atoms with Crippen LogP contribution in [0.25, 0.3) is 22.2 Å². The molecule has 1 fully saturated rings. The van der Waals surface area contributed by atoms with E-state index in [0.29, 0.717) is 35.8 Å². The molecule has 4 aromatic rings. The Morgan fingerprint density at radius 2 is 1.69 bits per heavy atom. The summed E-state index contributed by atoms with van der Waals surface area (Å²) in [5.41, 5.74) is 4.99. The molecule has 3 aromatic carbocycles. The molecule has 7 heteroatoms. The van der Waals surface area contributed by atoms with Gasteiger partial charge in [0.15, 0.2) is 0 Å². The van der Waals surface area contributed by atoms with E-state index in [2.05, 4.69) is 4.90 Å². The van der Waals surface area contributed by atoms with E-state index in [1.165, 1.54) is 0 Å². The number of ether oxygens (including phenoxy) is 2. The Hall–Kier alpha value is -3.77. The number of aryl methyl sites for hydroxylation is 1. The second-order valence-corrected chi connectivity index (χ2v) is 9.28. The van der Waals surface area contributed by atoms with Crippen LogP contribution >= 0.6 is 11.6 Å². The molecule has 184 valence electrons. The van der Waals surface area contributed by atoms with Gasteiger partial charge in [-0.3, -0.25) is 4.79 Å². The lowest BCUT2D eigenvalue weighted by atomic mass is 10.0. The number of piperazine rings is 1. The molecule has 0 bridgehead atoms. The normalized spacial score (nSPS) is 13.7. The van der Waals surface area contributed by atoms with Crippen LogP contribution in [0.15, 0.2) is 66.7 Å². The summed E-state index contributed by atoms with van der Waals surface area (Å²) in [6.45, 7) is 4.69. The molecule has 0 atom stereocenters. The number of anilines is 1. The number of benzene rings is 3. The number of carbonyl (C=O) groups excluding carboxylic acids is 1. The molecule has 0 radical (unpaired) electrons. The van der Waals surface area contributed by atoms with Crippen LogP contribution in [-0.2, 0) is 0 Å². The molecule has 0 aliphatic carbocycles. The van der Waals surface area contributed by atoms with Gasteiger partial charge in [0.25, 0.3) is 5.91 Å². The van der Waals surface area contributed by atoms with E-state index in [4.69, 9.17) is 26.1 Å². The summed E-state index contributed by atoms with van der Waals surface area (Å²) >= 11 is 6.40. The molecule has 0 unspecified atom stereocenters. The molecular weight excluding hydrogens is 474 g/mol. The first-order valence-electron chi connectivity index (χ1n) is 11.9. The fourth-order valence-corrected chi connectivity index (χ4v) is 4.95. The lowest BCUT2D eigenvalue weighted by molar-refractivity contribution is 0.0748. The highest BCUT2D eigenvalue weighted by Gasteiger charge is 2.25. The van der Waals surface area contributed by atoms with Gasteiger partial charge in [-0.2, -0.15) is 0 Å². The number of hydrogen-bond donors (Lipinski definition) is 0. The van der Waals surface area contributed by atoms with Crippen molar-refractivity contribution in [3.63, 3.8) is 0 Å². The van der Waals surface area contributed by atoms with Gasteiger partial charge in [0.2, 0.25) is 0 Å². The van der Waals surface area contributed by atoms with E-state index in [0.717, 1.165) is 45.8 Å². The molecule has 36 heavy (non-hydrogen) atoms. The molecule has 5 rings (SSSR count). The van der Waals surface area contributed by atoms with Crippen LogP contribution in [0.3, 0.4) is 0 Å². The third-order valence-electron chi connectivity index (χ3n) is 6.64. The van der Waals surface area contributed by atoms with Crippen LogP contribution in [0, 0.1) is 6.92 Å². The molecule has 1 aliphatic heterocycles. The lowest BCUT2D eigenvalue weighted by Crippen LogP contribution is -2.49. The molecule has 0 N–H and O–H groups in total. The molecular formula is C29H28ClN3O3. The van der Waals surface area contributed by atoms with E-state index >= 15 is 0 Å². The van der Waals surface area contributed by atoms with Crippen molar-refractivity contribution in [3.8, 4) is 22.8 Å². The maximum Gasteiger partial charge on any atom is 0.254 e. The third-order valence-corrected chi connectivity index (χ3v) is 6.96. The Morgan fingerprint density at radius 3 is 2.42 bits per heavy atom.